The predicted molar refractivity (Wildman–Crippen MR) is 107 cm³/mol. The largest absolute Gasteiger partial charge is 0.411 e. The number of anilines is 1. The molecule has 0 radical (unpaired) electrons. The number of benzene rings is 2. The van der Waals surface area contributed by atoms with E-state index in [2.05, 4.69) is 15.5 Å². The molecule has 0 saturated carbocycles. The van der Waals surface area contributed by atoms with Crippen LogP contribution in [0.1, 0.15) is 17.3 Å². The van der Waals surface area contributed by atoms with Gasteiger partial charge in [-0.1, -0.05) is 23.4 Å². The molecule has 1 heterocycles. The van der Waals surface area contributed by atoms with Crippen LogP contribution in [-0.4, -0.2) is 32.6 Å². The molecular formula is C18H13ClN4O5S. The minimum atomic E-state index is -0.654. The Kier molecular flexibility index (Phi) is 6.25. The lowest BCUT2D eigenvalue weighted by Crippen LogP contribution is -2.06. The quantitative estimate of drug-likeness (QED) is 0.254. The Bertz CT molecular complexity index is 1080. The third kappa shape index (κ3) is 5.18. The van der Waals surface area contributed by atoms with Crippen molar-refractivity contribution in [3.8, 4) is 11.5 Å². The number of nitrogens with one attached hydrogen (secondary N) is 1. The standard InChI is InChI=1S/C18H13ClN4O5S/c1-10(24)20-13-5-2-11(3-6-13)17-21-22-18(28-17)29-9-16(25)14-7-4-12(19)8-15(14)23(26)27/h2-8H,9H2,1H3,(H,20,24). The number of hydrogen-bond acceptors (Lipinski definition) is 8. The van der Waals surface area contributed by atoms with Crippen LogP contribution in [0.15, 0.2) is 52.1 Å². The molecule has 9 nitrogen and oxygen atoms in total. The summed E-state index contributed by atoms with van der Waals surface area (Å²) in [6, 6.07) is 10.7. The van der Waals surface area contributed by atoms with Crippen LogP contribution in [0.25, 0.3) is 11.5 Å². The average Bonchev–Trinajstić information content (AvgIpc) is 3.15. The van der Waals surface area contributed by atoms with Gasteiger partial charge in [-0.25, -0.2) is 0 Å². The van der Waals surface area contributed by atoms with Crippen LogP contribution in [0.3, 0.4) is 0 Å². The minimum absolute atomic E-state index is 0.0415. The molecule has 148 valence electrons. The summed E-state index contributed by atoms with van der Waals surface area (Å²) in [5.41, 5.74) is 0.873. The van der Waals surface area contributed by atoms with Crippen molar-refractivity contribution in [1.29, 1.82) is 0 Å². The summed E-state index contributed by atoms with van der Waals surface area (Å²) in [4.78, 5) is 33.9. The van der Waals surface area contributed by atoms with Gasteiger partial charge in [-0.2, -0.15) is 0 Å². The predicted octanol–water partition coefficient (Wildman–Crippen LogP) is 4.23. The molecule has 2 aromatic carbocycles. The van der Waals surface area contributed by atoms with Gasteiger partial charge in [0.15, 0.2) is 5.78 Å². The highest BCUT2D eigenvalue weighted by atomic mass is 35.5. The second-order valence-electron chi connectivity index (χ2n) is 5.76. The van der Waals surface area contributed by atoms with Crippen LogP contribution in [0.4, 0.5) is 11.4 Å². The molecule has 0 unspecified atom stereocenters. The van der Waals surface area contributed by atoms with Gasteiger partial charge in [0.25, 0.3) is 10.9 Å². The molecule has 0 fully saturated rings. The van der Waals surface area contributed by atoms with E-state index >= 15 is 0 Å². The normalized spacial score (nSPS) is 10.6. The molecular weight excluding hydrogens is 420 g/mol. The average molecular weight is 433 g/mol. The number of rotatable bonds is 7. The number of amides is 1. The Labute approximate surface area is 173 Å². The number of carbonyl (C=O) groups is 2. The molecule has 3 rings (SSSR count). The Balaban J connectivity index is 1.67. The zero-order valence-electron chi connectivity index (χ0n) is 14.9. The highest BCUT2D eigenvalue weighted by Gasteiger charge is 2.21. The molecule has 0 spiro atoms. The third-order valence-corrected chi connectivity index (χ3v) is 4.70. The summed E-state index contributed by atoms with van der Waals surface area (Å²) >= 11 is 6.73. The van der Waals surface area contributed by atoms with Gasteiger partial charge in [0.05, 0.1) is 16.2 Å². The summed E-state index contributed by atoms with van der Waals surface area (Å²) in [7, 11) is 0. The second kappa shape index (κ2) is 8.84. The molecule has 3 aromatic rings. The summed E-state index contributed by atoms with van der Waals surface area (Å²) < 4.78 is 5.52. The van der Waals surface area contributed by atoms with Crippen molar-refractivity contribution >= 4 is 46.4 Å². The van der Waals surface area contributed by atoms with E-state index in [1.165, 1.54) is 19.1 Å². The fourth-order valence-corrected chi connectivity index (χ4v) is 3.19. The fraction of sp³-hybridized carbons (Fsp3) is 0.111. The van der Waals surface area contributed by atoms with Gasteiger partial charge >= 0.3 is 0 Å². The molecule has 0 atom stereocenters. The maximum Gasteiger partial charge on any atom is 0.281 e. The van der Waals surface area contributed by atoms with Crippen LogP contribution < -0.4 is 5.32 Å². The SMILES string of the molecule is CC(=O)Nc1ccc(-c2nnc(SCC(=O)c3ccc(Cl)cc3[N+](=O)[O-])o2)cc1. The molecule has 0 bridgehead atoms. The molecule has 1 aromatic heterocycles. The van der Waals surface area contributed by atoms with Crippen molar-refractivity contribution in [2.75, 3.05) is 11.1 Å². The maximum absolute atomic E-state index is 12.4. The molecule has 0 saturated heterocycles. The van der Waals surface area contributed by atoms with Crippen LogP contribution in [0.2, 0.25) is 5.02 Å². The van der Waals surface area contributed by atoms with E-state index in [1.807, 2.05) is 0 Å². The van der Waals surface area contributed by atoms with Crippen molar-refractivity contribution < 1.29 is 18.9 Å². The lowest BCUT2D eigenvalue weighted by molar-refractivity contribution is -0.385. The molecule has 29 heavy (non-hydrogen) atoms. The van der Waals surface area contributed by atoms with Crippen molar-refractivity contribution in [2.24, 2.45) is 0 Å². The van der Waals surface area contributed by atoms with E-state index in [1.54, 1.807) is 24.3 Å². The van der Waals surface area contributed by atoms with E-state index in [0.717, 1.165) is 17.8 Å². The first kappa shape index (κ1) is 20.5. The van der Waals surface area contributed by atoms with Crippen molar-refractivity contribution in [2.45, 2.75) is 12.1 Å². The fourth-order valence-electron chi connectivity index (χ4n) is 2.38. The number of carbonyl (C=O) groups excluding carboxylic acids is 2. The van der Waals surface area contributed by atoms with Crippen molar-refractivity contribution in [1.82, 2.24) is 10.2 Å². The number of nitrogens with zero attached hydrogens (tertiary/aromatic N) is 3. The number of halogens is 1. The Hall–Kier alpha value is -3.24. The van der Waals surface area contributed by atoms with Crippen LogP contribution in [0, 0.1) is 10.1 Å². The Morgan fingerprint density at radius 2 is 1.93 bits per heavy atom. The van der Waals surface area contributed by atoms with E-state index in [0.29, 0.717) is 11.3 Å². The molecule has 0 aliphatic rings. The number of nitro benzene ring substituents is 1. The minimum Gasteiger partial charge on any atom is -0.411 e. The molecule has 11 heteroatoms. The van der Waals surface area contributed by atoms with E-state index < -0.39 is 10.7 Å². The third-order valence-electron chi connectivity index (χ3n) is 3.64. The van der Waals surface area contributed by atoms with Gasteiger partial charge in [-0.15, -0.1) is 10.2 Å². The topological polar surface area (TPSA) is 128 Å². The first-order valence-corrected chi connectivity index (χ1v) is 9.51. The van der Waals surface area contributed by atoms with E-state index in [-0.39, 0.29) is 39.0 Å². The molecule has 0 aliphatic carbocycles. The molecule has 1 N–H and O–H groups in total. The number of hydrogen-bond donors (Lipinski definition) is 1. The van der Waals surface area contributed by atoms with Crippen molar-refractivity contribution in [3.05, 3.63) is 63.2 Å². The zero-order chi connectivity index (χ0) is 21.0. The number of ketones is 1. The Morgan fingerprint density at radius 3 is 2.59 bits per heavy atom. The smallest absolute Gasteiger partial charge is 0.281 e. The van der Waals surface area contributed by atoms with Gasteiger partial charge in [-0.3, -0.25) is 19.7 Å². The molecule has 1 amide bonds. The Morgan fingerprint density at radius 1 is 1.21 bits per heavy atom. The number of Topliss-reactive ketones (excluding diaryl/α,β-unsaturated/α-hetero) is 1. The first-order valence-electron chi connectivity index (χ1n) is 8.15. The lowest BCUT2D eigenvalue weighted by atomic mass is 10.1. The van der Waals surface area contributed by atoms with Crippen LogP contribution in [0.5, 0.6) is 0 Å². The van der Waals surface area contributed by atoms with Gasteiger partial charge in [0, 0.05) is 29.3 Å². The van der Waals surface area contributed by atoms with E-state index in [4.69, 9.17) is 16.0 Å². The highest BCUT2D eigenvalue weighted by molar-refractivity contribution is 7.99. The van der Waals surface area contributed by atoms with Gasteiger partial charge < -0.3 is 9.73 Å². The summed E-state index contributed by atoms with van der Waals surface area (Å²) in [5.74, 6) is -0.518. The number of nitro groups is 1. The monoisotopic (exact) mass is 432 g/mol. The summed E-state index contributed by atoms with van der Waals surface area (Å²) in [5, 5.41) is 21.9. The summed E-state index contributed by atoms with van der Waals surface area (Å²) in [6.45, 7) is 1.41. The van der Waals surface area contributed by atoms with Gasteiger partial charge in [-0.05, 0) is 36.4 Å². The number of thioether (sulfide) groups is 1. The lowest BCUT2D eigenvalue weighted by Gasteiger charge is -2.02. The van der Waals surface area contributed by atoms with Gasteiger partial charge in [0.2, 0.25) is 11.8 Å². The highest BCUT2D eigenvalue weighted by Crippen LogP contribution is 2.28. The zero-order valence-corrected chi connectivity index (χ0v) is 16.5. The second-order valence-corrected chi connectivity index (χ2v) is 7.13. The van der Waals surface area contributed by atoms with Crippen LogP contribution in [-0.2, 0) is 4.79 Å². The maximum atomic E-state index is 12.4. The van der Waals surface area contributed by atoms with Crippen LogP contribution >= 0.6 is 23.4 Å². The van der Waals surface area contributed by atoms with Gasteiger partial charge in [0.1, 0.15) is 0 Å². The summed E-state index contributed by atoms with van der Waals surface area (Å²) in [6.07, 6.45) is 0. The number of aromatic nitrogens is 2. The van der Waals surface area contributed by atoms with E-state index in [9.17, 15) is 19.7 Å². The van der Waals surface area contributed by atoms with Crippen molar-refractivity contribution in [3.63, 3.8) is 0 Å². The molecule has 0 aliphatic heterocycles. The first-order chi connectivity index (χ1) is 13.8.